The molecule has 0 bridgehead atoms. The minimum atomic E-state index is -0.423. The van der Waals surface area contributed by atoms with E-state index < -0.39 is 5.41 Å². The van der Waals surface area contributed by atoms with Crippen molar-refractivity contribution in [1.29, 1.82) is 0 Å². The summed E-state index contributed by atoms with van der Waals surface area (Å²) in [5.41, 5.74) is 12.4. The molecule has 2 aliphatic rings. The molecule has 178 valence electrons. The van der Waals surface area contributed by atoms with E-state index in [4.69, 9.17) is 9.47 Å². The van der Waals surface area contributed by atoms with Gasteiger partial charge in [0.05, 0.1) is 19.6 Å². The van der Waals surface area contributed by atoms with Crippen molar-refractivity contribution in [1.82, 2.24) is 0 Å². The predicted molar refractivity (Wildman–Crippen MR) is 150 cm³/mol. The first kappa shape index (κ1) is 21.7. The molecule has 0 unspecified atom stereocenters. The summed E-state index contributed by atoms with van der Waals surface area (Å²) in [5, 5.41) is 0. The van der Waals surface area contributed by atoms with Gasteiger partial charge in [0.15, 0.2) is 0 Å². The van der Waals surface area contributed by atoms with Crippen LogP contribution in [0.2, 0.25) is 0 Å². The summed E-state index contributed by atoms with van der Waals surface area (Å²) in [7, 11) is 3.43. The molecule has 2 nitrogen and oxygen atoms in total. The zero-order chi connectivity index (χ0) is 25.0. The van der Waals surface area contributed by atoms with Gasteiger partial charge < -0.3 is 9.47 Å². The van der Waals surface area contributed by atoms with Crippen molar-refractivity contribution in [2.45, 2.75) is 5.41 Å². The van der Waals surface area contributed by atoms with Crippen LogP contribution in [0.15, 0.2) is 121 Å². The lowest BCUT2D eigenvalue weighted by Gasteiger charge is -2.33. The fraction of sp³-hybridized carbons (Fsp3) is 0.0857. The van der Waals surface area contributed by atoms with E-state index in [1.165, 1.54) is 55.7 Å². The maximum atomic E-state index is 5.53. The number of allylic oxidation sites excluding steroid dienone is 1. The van der Waals surface area contributed by atoms with Gasteiger partial charge in [-0.25, -0.2) is 0 Å². The molecule has 0 N–H and O–H groups in total. The first-order chi connectivity index (χ1) is 18.3. The lowest BCUT2D eigenvalue weighted by molar-refractivity contribution is 0.414. The second kappa shape index (κ2) is 8.25. The number of rotatable bonds is 4. The molecule has 0 fully saturated rings. The summed E-state index contributed by atoms with van der Waals surface area (Å²) in [6.45, 7) is 0. The predicted octanol–water partition coefficient (Wildman–Crippen LogP) is 7.99. The summed E-state index contributed by atoms with van der Waals surface area (Å²) in [6, 6.07) is 43.7. The van der Waals surface area contributed by atoms with Crippen molar-refractivity contribution in [3.05, 3.63) is 155 Å². The van der Waals surface area contributed by atoms with Crippen molar-refractivity contribution in [2.24, 2.45) is 0 Å². The Bertz CT molecular complexity index is 1630. The van der Waals surface area contributed by atoms with Gasteiger partial charge in [0.2, 0.25) is 0 Å². The Morgan fingerprint density at radius 1 is 0.432 bits per heavy atom. The van der Waals surface area contributed by atoms with Gasteiger partial charge in [-0.15, -0.1) is 0 Å². The van der Waals surface area contributed by atoms with Crippen LogP contribution in [0, 0.1) is 0 Å². The number of ether oxygens (including phenoxy) is 2. The molecule has 0 aromatic heterocycles. The van der Waals surface area contributed by atoms with Crippen LogP contribution in [0.3, 0.4) is 0 Å². The number of benzene rings is 5. The van der Waals surface area contributed by atoms with Crippen LogP contribution in [0.5, 0.6) is 11.5 Å². The van der Waals surface area contributed by atoms with Gasteiger partial charge in [0.1, 0.15) is 11.5 Å². The van der Waals surface area contributed by atoms with Crippen molar-refractivity contribution in [3.63, 3.8) is 0 Å². The average molecular weight is 479 g/mol. The third-order valence-electron chi connectivity index (χ3n) is 7.94. The normalized spacial score (nSPS) is 14.3. The number of hydrogen-bond donors (Lipinski definition) is 0. The number of fused-ring (bicyclic) bond motifs is 7. The minimum Gasteiger partial charge on any atom is -0.497 e. The molecule has 2 heteroatoms. The van der Waals surface area contributed by atoms with Gasteiger partial charge in [0.25, 0.3) is 0 Å². The summed E-state index contributed by atoms with van der Waals surface area (Å²) in [6.07, 6.45) is 0. The Kier molecular flexibility index (Phi) is 4.84. The van der Waals surface area contributed by atoms with Gasteiger partial charge in [-0.1, -0.05) is 97.1 Å². The van der Waals surface area contributed by atoms with Crippen LogP contribution in [-0.2, 0) is 5.41 Å². The largest absolute Gasteiger partial charge is 0.497 e. The van der Waals surface area contributed by atoms with E-state index in [1.54, 1.807) is 14.2 Å². The highest BCUT2D eigenvalue weighted by Gasteiger charge is 2.53. The number of hydrogen-bond acceptors (Lipinski definition) is 2. The highest BCUT2D eigenvalue weighted by Crippen LogP contribution is 2.65. The van der Waals surface area contributed by atoms with E-state index in [9.17, 15) is 0 Å². The summed E-state index contributed by atoms with van der Waals surface area (Å²) < 4.78 is 11.0. The fourth-order valence-corrected chi connectivity index (χ4v) is 6.46. The molecule has 5 aromatic rings. The Labute approximate surface area is 217 Å². The maximum Gasteiger partial charge on any atom is 0.118 e. The van der Waals surface area contributed by atoms with E-state index in [0.717, 1.165) is 11.5 Å². The van der Waals surface area contributed by atoms with Gasteiger partial charge >= 0.3 is 0 Å². The van der Waals surface area contributed by atoms with Crippen molar-refractivity contribution in [2.75, 3.05) is 14.2 Å². The van der Waals surface area contributed by atoms with E-state index in [1.807, 2.05) is 0 Å². The van der Waals surface area contributed by atoms with Gasteiger partial charge in [-0.2, -0.15) is 0 Å². The summed E-state index contributed by atoms with van der Waals surface area (Å²) >= 11 is 0. The first-order valence-electron chi connectivity index (χ1n) is 12.6. The van der Waals surface area contributed by atoms with Gasteiger partial charge in [-0.05, 0) is 79.9 Å². The van der Waals surface area contributed by atoms with Crippen molar-refractivity contribution in [3.8, 4) is 22.6 Å². The molecule has 0 amide bonds. The molecular formula is C35H26O2. The second-order valence-corrected chi connectivity index (χ2v) is 9.59. The zero-order valence-electron chi connectivity index (χ0n) is 20.9. The standard InChI is InChI=1S/C35H26O2/c1-36-25-19-15-23(16-20-25)33-29-11-5-8-14-32(29)35(34(33)24-17-21-26(37-2)22-18-24)30-12-6-3-9-27(30)28-10-4-7-13-31(28)35/h3-22H,1-2H3. The third kappa shape index (κ3) is 2.93. The van der Waals surface area contributed by atoms with Gasteiger partial charge in [0, 0.05) is 0 Å². The quantitative estimate of drug-likeness (QED) is 0.261. The van der Waals surface area contributed by atoms with E-state index >= 15 is 0 Å². The van der Waals surface area contributed by atoms with Crippen LogP contribution in [0.25, 0.3) is 22.3 Å². The maximum absolute atomic E-state index is 5.53. The molecule has 0 aliphatic heterocycles. The monoisotopic (exact) mass is 478 g/mol. The van der Waals surface area contributed by atoms with Crippen LogP contribution in [0.1, 0.15) is 33.4 Å². The van der Waals surface area contributed by atoms with Crippen LogP contribution in [-0.4, -0.2) is 14.2 Å². The van der Waals surface area contributed by atoms with E-state index in [2.05, 4.69) is 121 Å². The SMILES string of the molecule is COc1ccc(C2=C(c3ccc(OC)cc3)C3(c4ccccc42)c2ccccc2-c2ccccc23)cc1. The molecule has 7 rings (SSSR count). The molecule has 1 spiro atoms. The zero-order valence-corrected chi connectivity index (χ0v) is 20.9. The Morgan fingerprint density at radius 3 is 1.32 bits per heavy atom. The van der Waals surface area contributed by atoms with Gasteiger partial charge in [-0.3, -0.25) is 0 Å². The molecule has 0 saturated heterocycles. The molecule has 5 aromatic carbocycles. The third-order valence-corrected chi connectivity index (χ3v) is 7.94. The van der Waals surface area contributed by atoms with E-state index in [0.29, 0.717) is 0 Å². The van der Waals surface area contributed by atoms with Crippen molar-refractivity contribution >= 4 is 11.1 Å². The fourth-order valence-electron chi connectivity index (χ4n) is 6.46. The Balaban J connectivity index is 1.66. The lowest BCUT2D eigenvalue weighted by atomic mass is 9.67. The second-order valence-electron chi connectivity index (χ2n) is 9.59. The molecule has 2 aliphatic carbocycles. The molecular weight excluding hydrogens is 452 g/mol. The Hall–Kier alpha value is -4.56. The molecule has 37 heavy (non-hydrogen) atoms. The molecule has 0 heterocycles. The average Bonchev–Trinajstić information content (AvgIpc) is 3.45. The van der Waals surface area contributed by atoms with Crippen LogP contribution in [0.4, 0.5) is 0 Å². The highest BCUT2D eigenvalue weighted by atomic mass is 16.5. The van der Waals surface area contributed by atoms with Crippen LogP contribution >= 0.6 is 0 Å². The van der Waals surface area contributed by atoms with Crippen LogP contribution < -0.4 is 9.47 Å². The summed E-state index contributed by atoms with van der Waals surface area (Å²) in [4.78, 5) is 0. The molecule has 0 saturated carbocycles. The lowest BCUT2D eigenvalue weighted by Crippen LogP contribution is -2.26. The smallest absolute Gasteiger partial charge is 0.118 e. The topological polar surface area (TPSA) is 18.5 Å². The molecule has 0 atom stereocenters. The highest BCUT2D eigenvalue weighted by molar-refractivity contribution is 6.13. The van der Waals surface area contributed by atoms with Crippen molar-refractivity contribution < 1.29 is 9.47 Å². The first-order valence-corrected chi connectivity index (χ1v) is 12.6. The number of methoxy groups -OCH3 is 2. The summed E-state index contributed by atoms with van der Waals surface area (Å²) in [5.74, 6) is 1.71. The van der Waals surface area contributed by atoms with E-state index in [-0.39, 0.29) is 0 Å². The molecule has 0 radical (unpaired) electrons. The Morgan fingerprint density at radius 2 is 0.838 bits per heavy atom. The minimum absolute atomic E-state index is 0.423.